The molecule has 2 N–H and O–H groups in total. The molecule has 0 spiro atoms. The summed E-state index contributed by atoms with van der Waals surface area (Å²) in [6, 6.07) is 9.85. The standard InChI is InChI=1S/C14H22N2O/c1-14(2,9-10-17-3)11-16-13(15)12-7-5-4-6-8-12/h4-8H,9-11H2,1-3H3,(H2,15,16). The average Bonchev–Trinajstić information content (AvgIpc) is 2.35. The number of methoxy groups -OCH3 is 1. The van der Waals surface area contributed by atoms with Crippen molar-refractivity contribution in [3.63, 3.8) is 0 Å². The van der Waals surface area contributed by atoms with Gasteiger partial charge in [-0.1, -0.05) is 44.2 Å². The van der Waals surface area contributed by atoms with Gasteiger partial charge in [0.1, 0.15) is 5.84 Å². The summed E-state index contributed by atoms with van der Waals surface area (Å²) < 4.78 is 5.09. The summed E-state index contributed by atoms with van der Waals surface area (Å²) in [5, 5.41) is 0. The second-order valence-corrected chi connectivity index (χ2v) is 4.97. The van der Waals surface area contributed by atoms with Gasteiger partial charge in [-0.3, -0.25) is 4.99 Å². The monoisotopic (exact) mass is 234 g/mol. The van der Waals surface area contributed by atoms with Crippen LogP contribution >= 0.6 is 0 Å². The van der Waals surface area contributed by atoms with Gasteiger partial charge in [0.15, 0.2) is 0 Å². The molecule has 1 aromatic rings. The van der Waals surface area contributed by atoms with Crippen molar-refractivity contribution in [1.82, 2.24) is 0 Å². The molecule has 0 bridgehead atoms. The lowest BCUT2D eigenvalue weighted by atomic mass is 9.90. The fraction of sp³-hybridized carbons (Fsp3) is 0.500. The number of nitrogens with two attached hydrogens (primary N) is 1. The summed E-state index contributed by atoms with van der Waals surface area (Å²) in [6.07, 6.45) is 0.981. The molecule has 1 rings (SSSR count). The molecule has 0 heterocycles. The van der Waals surface area contributed by atoms with E-state index in [-0.39, 0.29) is 5.41 Å². The Kier molecular flexibility index (Phi) is 5.16. The van der Waals surface area contributed by atoms with Gasteiger partial charge in [-0.25, -0.2) is 0 Å². The first-order valence-electron chi connectivity index (χ1n) is 5.89. The van der Waals surface area contributed by atoms with Crippen molar-refractivity contribution in [3.8, 4) is 0 Å². The highest BCUT2D eigenvalue weighted by molar-refractivity contribution is 5.97. The van der Waals surface area contributed by atoms with E-state index in [4.69, 9.17) is 10.5 Å². The number of aliphatic imine (C=N–C) groups is 1. The van der Waals surface area contributed by atoms with E-state index in [0.717, 1.165) is 25.1 Å². The summed E-state index contributed by atoms with van der Waals surface area (Å²) in [5.41, 5.74) is 7.05. The van der Waals surface area contributed by atoms with E-state index in [1.165, 1.54) is 0 Å². The molecule has 17 heavy (non-hydrogen) atoms. The fourth-order valence-electron chi connectivity index (χ4n) is 1.46. The number of ether oxygens (including phenoxy) is 1. The van der Waals surface area contributed by atoms with Crippen LogP contribution in [0.5, 0.6) is 0 Å². The van der Waals surface area contributed by atoms with E-state index in [0.29, 0.717) is 5.84 Å². The molecule has 0 saturated heterocycles. The molecular formula is C14H22N2O. The number of hydrogen-bond acceptors (Lipinski definition) is 2. The van der Waals surface area contributed by atoms with Crippen LogP contribution in [0.4, 0.5) is 0 Å². The molecule has 0 saturated carbocycles. The van der Waals surface area contributed by atoms with E-state index in [1.54, 1.807) is 7.11 Å². The summed E-state index contributed by atoms with van der Waals surface area (Å²) in [7, 11) is 1.72. The molecule has 0 aromatic heterocycles. The van der Waals surface area contributed by atoms with Gasteiger partial charge < -0.3 is 10.5 Å². The van der Waals surface area contributed by atoms with E-state index < -0.39 is 0 Å². The average molecular weight is 234 g/mol. The molecule has 3 heteroatoms. The Morgan fingerprint density at radius 1 is 1.29 bits per heavy atom. The Labute approximate surface area is 104 Å². The van der Waals surface area contributed by atoms with Crippen LogP contribution in [-0.4, -0.2) is 26.1 Å². The van der Waals surface area contributed by atoms with Gasteiger partial charge in [-0.2, -0.15) is 0 Å². The molecule has 0 unspecified atom stereocenters. The van der Waals surface area contributed by atoms with Gasteiger partial charge in [0.25, 0.3) is 0 Å². The van der Waals surface area contributed by atoms with Crippen molar-refractivity contribution in [1.29, 1.82) is 0 Å². The van der Waals surface area contributed by atoms with Crippen molar-refractivity contribution in [2.24, 2.45) is 16.1 Å². The Morgan fingerprint density at radius 2 is 1.94 bits per heavy atom. The SMILES string of the molecule is COCCC(C)(C)CN=C(N)c1ccccc1. The molecule has 1 aromatic carbocycles. The third kappa shape index (κ3) is 5.00. The summed E-state index contributed by atoms with van der Waals surface area (Å²) in [5.74, 6) is 0.607. The van der Waals surface area contributed by atoms with Gasteiger partial charge in [0.2, 0.25) is 0 Å². The molecule has 0 radical (unpaired) electrons. The van der Waals surface area contributed by atoms with Gasteiger partial charge in [0.05, 0.1) is 0 Å². The van der Waals surface area contributed by atoms with Gasteiger partial charge in [-0.05, 0) is 11.8 Å². The highest BCUT2D eigenvalue weighted by Gasteiger charge is 2.17. The maximum absolute atomic E-state index is 5.95. The fourth-order valence-corrected chi connectivity index (χ4v) is 1.46. The van der Waals surface area contributed by atoms with Crippen LogP contribution in [0.1, 0.15) is 25.8 Å². The third-order valence-corrected chi connectivity index (χ3v) is 2.73. The minimum atomic E-state index is 0.120. The largest absolute Gasteiger partial charge is 0.385 e. The number of benzene rings is 1. The smallest absolute Gasteiger partial charge is 0.125 e. The van der Waals surface area contributed by atoms with Crippen molar-refractivity contribution in [2.75, 3.05) is 20.3 Å². The van der Waals surface area contributed by atoms with E-state index in [9.17, 15) is 0 Å². The molecule has 0 aliphatic heterocycles. The molecular weight excluding hydrogens is 212 g/mol. The Balaban J connectivity index is 2.58. The van der Waals surface area contributed by atoms with Crippen molar-refractivity contribution < 1.29 is 4.74 Å². The van der Waals surface area contributed by atoms with E-state index in [2.05, 4.69) is 18.8 Å². The summed E-state index contributed by atoms with van der Waals surface area (Å²) in [4.78, 5) is 4.46. The minimum absolute atomic E-state index is 0.120. The molecule has 0 aliphatic carbocycles. The highest BCUT2D eigenvalue weighted by atomic mass is 16.5. The van der Waals surface area contributed by atoms with E-state index >= 15 is 0 Å². The molecule has 0 aliphatic rings. The normalized spacial score (nSPS) is 12.8. The second-order valence-electron chi connectivity index (χ2n) is 4.97. The van der Waals surface area contributed by atoms with Crippen LogP contribution in [0.2, 0.25) is 0 Å². The number of nitrogens with zero attached hydrogens (tertiary/aromatic N) is 1. The maximum Gasteiger partial charge on any atom is 0.125 e. The first-order valence-corrected chi connectivity index (χ1v) is 5.89. The van der Waals surface area contributed by atoms with Gasteiger partial charge in [-0.15, -0.1) is 0 Å². The maximum atomic E-state index is 5.95. The molecule has 0 fully saturated rings. The first kappa shape index (κ1) is 13.7. The zero-order chi connectivity index (χ0) is 12.7. The molecule has 0 amide bonds. The van der Waals surface area contributed by atoms with Crippen LogP contribution in [0.25, 0.3) is 0 Å². The van der Waals surface area contributed by atoms with Crippen molar-refractivity contribution >= 4 is 5.84 Å². The molecule has 0 atom stereocenters. The summed E-state index contributed by atoms with van der Waals surface area (Å²) >= 11 is 0. The lowest BCUT2D eigenvalue weighted by molar-refractivity contribution is 0.155. The zero-order valence-electron chi connectivity index (χ0n) is 10.9. The molecule has 94 valence electrons. The second kappa shape index (κ2) is 6.40. The topological polar surface area (TPSA) is 47.6 Å². The predicted octanol–water partition coefficient (Wildman–Crippen LogP) is 2.45. The highest BCUT2D eigenvalue weighted by Crippen LogP contribution is 2.20. The van der Waals surface area contributed by atoms with Crippen LogP contribution in [0.15, 0.2) is 35.3 Å². The van der Waals surface area contributed by atoms with Crippen LogP contribution in [0.3, 0.4) is 0 Å². The number of rotatable bonds is 6. The van der Waals surface area contributed by atoms with Gasteiger partial charge >= 0.3 is 0 Å². The summed E-state index contributed by atoms with van der Waals surface area (Å²) in [6.45, 7) is 5.83. The zero-order valence-corrected chi connectivity index (χ0v) is 10.9. The van der Waals surface area contributed by atoms with Crippen LogP contribution in [0, 0.1) is 5.41 Å². The Bertz CT molecular complexity index is 358. The van der Waals surface area contributed by atoms with Crippen LogP contribution in [-0.2, 0) is 4.74 Å². The lowest BCUT2D eigenvalue weighted by Gasteiger charge is -2.21. The van der Waals surface area contributed by atoms with Gasteiger partial charge in [0, 0.05) is 25.8 Å². The Morgan fingerprint density at radius 3 is 2.53 bits per heavy atom. The predicted molar refractivity (Wildman–Crippen MR) is 72.3 cm³/mol. The minimum Gasteiger partial charge on any atom is -0.385 e. The third-order valence-electron chi connectivity index (χ3n) is 2.73. The van der Waals surface area contributed by atoms with Crippen molar-refractivity contribution in [3.05, 3.63) is 35.9 Å². The van der Waals surface area contributed by atoms with Crippen LogP contribution < -0.4 is 5.73 Å². The quantitative estimate of drug-likeness (QED) is 0.607. The van der Waals surface area contributed by atoms with E-state index in [1.807, 2.05) is 30.3 Å². The first-order chi connectivity index (χ1) is 8.05. The number of hydrogen-bond donors (Lipinski definition) is 1. The number of amidine groups is 1. The lowest BCUT2D eigenvalue weighted by Crippen LogP contribution is -2.22. The molecule has 3 nitrogen and oxygen atoms in total. The Hall–Kier alpha value is -1.35. The van der Waals surface area contributed by atoms with Crippen molar-refractivity contribution in [2.45, 2.75) is 20.3 Å².